The third-order valence-electron chi connectivity index (χ3n) is 3.78. The standard InChI is InChI=1S/C11H23NO/c1-5-10(4,12)11(13)7-6-9(2,3)8-11/h13H,5-8,12H2,1-4H3. The van der Waals surface area contributed by atoms with E-state index in [0.717, 1.165) is 25.7 Å². The van der Waals surface area contributed by atoms with Gasteiger partial charge in [0.25, 0.3) is 0 Å². The highest BCUT2D eigenvalue weighted by molar-refractivity contribution is 5.06. The van der Waals surface area contributed by atoms with Crippen molar-refractivity contribution < 1.29 is 5.11 Å². The van der Waals surface area contributed by atoms with E-state index >= 15 is 0 Å². The van der Waals surface area contributed by atoms with Gasteiger partial charge in [0.05, 0.1) is 5.60 Å². The quantitative estimate of drug-likeness (QED) is 0.691. The SMILES string of the molecule is CCC(C)(N)C1(O)CCC(C)(C)C1. The lowest BCUT2D eigenvalue weighted by molar-refractivity contribution is -0.0318. The Morgan fingerprint density at radius 3 is 2.23 bits per heavy atom. The van der Waals surface area contributed by atoms with E-state index in [0.29, 0.717) is 0 Å². The Morgan fingerprint density at radius 1 is 1.38 bits per heavy atom. The van der Waals surface area contributed by atoms with Gasteiger partial charge in [-0.25, -0.2) is 0 Å². The minimum absolute atomic E-state index is 0.255. The highest BCUT2D eigenvalue weighted by atomic mass is 16.3. The zero-order valence-electron chi connectivity index (χ0n) is 9.35. The molecule has 2 heteroatoms. The molecule has 0 aliphatic heterocycles. The molecule has 0 spiro atoms. The van der Waals surface area contributed by atoms with Gasteiger partial charge >= 0.3 is 0 Å². The van der Waals surface area contributed by atoms with Gasteiger partial charge in [-0.05, 0) is 38.0 Å². The second kappa shape index (κ2) is 2.96. The van der Waals surface area contributed by atoms with Crippen molar-refractivity contribution in [3.8, 4) is 0 Å². The van der Waals surface area contributed by atoms with Gasteiger partial charge in [-0.2, -0.15) is 0 Å². The molecule has 3 N–H and O–H groups in total. The number of hydrogen-bond donors (Lipinski definition) is 2. The summed E-state index contributed by atoms with van der Waals surface area (Å²) in [5, 5.41) is 10.4. The van der Waals surface area contributed by atoms with Crippen molar-refractivity contribution in [1.82, 2.24) is 0 Å². The number of nitrogens with two attached hydrogens (primary N) is 1. The Hall–Kier alpha value is -0.0800. The second-order valence-corrected chi connectivity index (χ2v) is 5.64. The third kappa shape index (κ3) is 1.89. The molecule has 1 rings (SSSR count). The fourth-order valence-corrected chi connectivity index (χ4v) is 2.33. The van der Waals surface area contributed by atoms with Crippen molar-refractivity contribution in [2.45, 2.75) is 64.5 Å². The topological polar surface area (TPSA) is 46.2 Å². The fraction of sp³-hybridized carbons (Fsp3) is 1.00. The maximum Gasteiger partial charge on any atom is 0.0828 e. The molecular formula is C11H23NO. The van der Waals surface area contributed by atoms with Crippen LogP contribution >= 0.6 is 0 Å². The maximum atomic E-state index is 10.4. The lowest BCUT2D eigenvalue weighted by Crippen LogP contribution is -2.57. The van der Waals surface area contributed by atoms with Crippen molar-refractivity contribution in [2.24, 2.45) is 11.1 Å². The highest BCUT2D eigenvalue weighted by Gasteiger charge is 2.50. The molecule has 0 bridgehead atoms. The van der Waals surface area contributed by atoms with E-state index in [4.69, 9.17) is 5.73 Å². The average molecular weight is 185 g/mol. The van der Waals surface area contributed by atoms with Gasteiger partial charge in [0, 0.05) is 5.54 Å². The molecule has 2 nitrogen and oxygen atoms in total. The van der Waals surface area contributed by atoms with Gasteiger partial charge in [0.15, 0.2) is 0 Å². The van der Waals surface area contributed by atoms with E-state index in [1.54, 1.807) is 0 Å². The molecule has 1 aliphatic carbocycles. The zero-order chi connectivity index (χ0) is 10.3. The van der Waals surface area contributed by atoms with Crippen LogP contribution in [0.5, 0.6) is 0 Å². The molecule has 0 amide bonds. The van der Waals surface area contributed by atoms with Crippen molar-refractivity contribution >= 4 is 0 Å². The van der Waals surface area contributed by atoms with Gasteiger partial charge in [0.2, 0.25) is 0 Å². The monoisotopic (exact) mass is 185 g/mol. The maximum absolute atomic E-state index is 10.4. The van der Waals surface area contributed by atoms with Crippen LogP contribution in [-0.2, 0) is 0 Å². The first-order chi connectivity index (χ1) is 5.72. The second-order valence-electron chi connectivity index (χ2n) is 5.64. The van der Waals surface area contributed by atoms with Crippen LogP contribution in [0, 0.1) is 5.41 Å². The first-order valence-electron chi connectivity index (χ1n) is 5.24. The molecule has 1 saturated carbocycles. The van der Waals surface area contributed by atoms with Crippen LogP contribution in [0.1, 0.15) is 53.4 Å². The normalized spacial score (nSPS) is 37.4. The van der Waals surface area contributed by atoms with E-state index in [-0.39, 0.29) is 5.41 Å². The van der Waals surface area contributed by atoms with Crippen LogP contribution in [0.3, 0.4) is 0 Å². The summed E-state index contributed by atoms with van der Waals surface area (Å²) in [6.07, 6.45) is 3.59. The minimum atomic E-state index is -0.648. The summed E-state index contributed by atoms with van der Waals surface area (Å²) in [7, 11) is 0. The summed E-state index contributed by atoms with van der Waals surface area (Å²) in [5.41, 5.74) is 5.30. The third-order valence-corrected chi connectivity index (χ3v) is 3.78. The number of rotatable bonds is 2. The molecule has 2 atom stereocenters. The Balaban J connectivity index is 2.81. The van der Waals surface area contributed by atoms with Gasteiger partial charge in [-0.1, -0.05) is 20.8 Å². The molecule has 0 saturated heterocycles. The Labute approximate surface area is 81.5 Å². The van der Waals surface area contributed by atoms with Gasteiger partial charge in [-0.3, -0.25) is 0 Å². The molecule has 0 aromatic rings. The predicted octanol–water partition coefficient (Wildman–Crippen LogP) is 2.05. The van der Waals surface area contributed by atoms with E-state index in [9.17, 15) is 5.11 Å². The van der Waals surface area contributed by atoms with Crippen LogP contribution in [0.4, 0.5) is 0 Å². The average Bonchev–Trinajstić information content (AvgIpc) is 2.27. The molecule has 13 heavy (non-hydrogen) atoms. The summed E-state index contributed by atoms with van der Waals surface area (Å²) in [5.74, 6) is 0. The zero-order valence-corrected chi connectivity index (χ0v) is 9.35. The molecule has 0 aromatic heterocycles. The molecule has 1 aliphatic rings. The minimum Gasteiger partial charge on any atom is -0.388 e. The van der Waals surface area contributed by atoms with Crippen LogP contribution < -0.4 is 5.73 Å². The lowest BCUT2D eigenvalue weighted by Gasteiger charge is -2.40. The Kier molecular flexibility index (Phi) is 2.50. The van der Waals surface area contributed by atoms with Crippen molar-refractivity contribution in [3.05, 3.63) is 0 Å². The van der Waals surface area contributed by atoms with Gasteiger partial charge in [0.1, 0.15) is 0 Å². The molecule has 0 aromatic carbocycles. The Morgan fingerprint density at radius 2 is 1.92 bits per heavy atom. The fourth-order valence-electron chi connectivity index (χ4n) is 2.33. The van der Waals surface area contributed by atoms with Crippen LogP contribution in [0.2, 0.25) is 0 Å². The largest absolute Gasteiger partial charge is 0.388 e. The smallest absolute Gasteiger partial charge is 0.0828 e. The molecule has 0 heterocycles. The van der Waals surface area contributed by atoms with Crippen molar-refractivity contribution in [1.29, 1.82) is 0 Å². The van der Waals surface area contributed by atoms with E-state index in [1.165, 1.54) is 0 Å². The van der Waals surface area contributed by atoms with Crippen LogP contribution in [0.25, 0.3) is 0 Å². The van der Waals surface area contributed by atoms with Crippen LogP contribution in [-0.4, -0.2) is 16.2 Å². The summed E-state index contributed by atoms with van der Waals surface area (Å²) < 4.78 is 0. The number of aliphatic hydroxyl groups is 1. The summed E-state index contributed by atoms with van der Waals surface area (Å²) in [6.45, 7) is 8.42. The van der Waals surface area contributed by atoms with E-state index in [2.05, 4.69) is 13.8 Å². The molecule has 0 radical (unpaired) electrons. The lowest BCUT2D eigenvalue weighted by atomic mass is 9.76. The van der Waals surface area contributed by atoms with E-state index < -0.39 is 11.1 Å². The Bertz CT molecular complexity index is 198. The van der Waals surface area contributed by atoms with E-state index in [1.807, 2.05) is 13.8 Å². The van der Waals surface area contributed by atoms with Gasteiger partial charge in [-0.15, -0.1) is 0 Å². The van der Waals surface area contributed by atoms with Crippen molar-refractivity contribution in [3.63, 3.8) is 0 Å². The first kappa shape index (κ1) is 11.0. The van der Waals surface area contributed by atoms with Crippen molar-refractivity contribution in [2.75, 3.05) is 0 Å². The molecule has 78 valence electrons. The summed E-state index contributed by atoms with van der Waals surface area (Å²) in [6, 6.07) is 0. The first-order valence-corrected chi connectivity index (χ1v) is 5.24. The summed E-state index contributed by atoms with van der Waals surface area (Å²) >= 11 is 0. The highest BCUT2D eigenvalue weighted by Crippen LogP contribution is 2.48. The summed E-state index contributed by atoms with van der Waals surface area (Å²) in [4.78, 5) is 0. The molecule has 2 unspecified atom stereocenters. The van der Waals surface area contributed by atoms with Crippen LogP contribution in [0.15, 0.2) is 0 Å². The van der Waals surface area contributed by atoms with Gasteiger partial charge < -0.3 is 10.8 Å². The number of hydrogen-bond acceptors (Lipinski definition) is 2. The molecular weight excluding hydrogens is 162 g/mol. The molecule has 1 fully saturated rings. The predicted molar refractivity (Wildman–Crippen MR) is 55.5 cm³/mol.